The lowest BCUT2D eigenvalue weighted by Gasteiger charge is -2.12. The van der Waals surface area contributed by atoms with E-state index >= 15 is 0 Å². The SMILES string of the molecule is Cc1cc(C)c(CO)c(Oc2ccccc2Cl)n1. The number of rotatable bonds is 3. The van der Waals surface area contributed by atoms with Gasteiger partial charge in [0.25, 0.3) is 0 Å². The fourth-order valence-corrected chi connectivity index (χ4v) is 1.91. The highest BCUT2D eigenvalue weighted by Crippen LogP contribution is 2.31. The Labute approximate surface area is 111 Å². The first kappa shape index (κ1) is 12.9. The highest BCUT2D eigenvalue weighted by Gasteiger charge is 2.11. The van der Waals surface area contributed by atoms with Gasteiger partial charge in [-0.05, 0) is 37.6 Å². The molecular formula is C14H14ClNO2. The molecular weight excluding hydrogens is 250 g/mol. The maximum absolute atomic E-state index is 9.38. The molecule has 1 aromatic carbocycles. The van der Waals surface area contributed by atoms with Crippen LogP contribution in [0.5, 0.6) is 11.6 Å². The third kappa shape index (κ3) is 2.63. The molecule has 1 heterocycles. The third-order valence-corrected chi connectivity index (χ3v) is 2.95. The van der Waals surface area contributed by atoms with E-state index in [-0.39, 0.29) is 6.61 Å². The van der Waals surface area contributed by atoms with Gasteiger partial charge in [-0.25, -0.2) is 4.98 Å². The standard InChI is InChI=1S/C14H14ClNO2/c1-9-7-10(2)16-14(11(9)8-17)18-13-6-4-3-5-12(13)15/h3-7,17H,8H2,1-2H3. The minimum atomic E-state index is -0.112. The number of hydrogen-bond acceptors (Lipinski definition) is 3. The van der Waals surface area contributed by atoms with Gasteiger partial charge in [0.1, 0.15) is 5.75 Å². The Morgan fingerprint density at radius 1 is 1.28 bits per heavy atom. The van der Waals surface area contributed by atoms with E-state index in [1.807, 2.05) is 32.0 Å². The van der Waals surface area contributed by atoms with Crippen LogP contribution >= 0.6 is 11.6 Å². The first-order chi connectivity index (χ1) is 8.61. The number of hydrogen-bond donors (Lipinski definition) is 1. The first-order valence-corrected chi connectivity index (χ1v) is 6.00. The Bertz CT molecular complexity index is 570. The molecule has 3 nitrogen and oxygen atoms in total. The molecule has 0 aliphatic rings. The molecule has 0 radical (unpaired) electrons. The molecule has 2 aromatic rings. The van der Waals surface area contributed by atoms with Crippen LogP contribution in [0.25, 0.3) is 0 Å². The number of aliphatic hydroxyl groups excluding tert-OH is 1. The van der Waals surface area contributed by atoms with E-state index < -0.39 is 0 Å². The van der Waals surface area contributed by atoms with Crippen molar-refractivity contribution in [3.05, 3.63) is 52.2 Å². The average Bonchev–Trinajstić information content (AvgIpc) is 2.31. The fraction of sp³-hybridized carbons (Fsp3) is 0.214. The third-order valence-electron chi connectivity index (χ3n) is 2.64. The van der Waals surface area contributed by atoms with E-state index in [0.29, 0.717) is 22.2 Å². The summed E-state index contributed by atoms with van der Waals surface area (Å²) in [6.07, 6.45) is 0. The van der Waals surface area contributed by atoms with Gasteiger partial charge in [0, 0.05) is 11.3 Å². The maximum Gasteiger partial charge on any atom is 0.225 e. The van der Waals surface area contributed by atoms with Crippen LogP contribution in [0.15, 0.2) is 30.3 Å². The predicted octanol–water partition coefficient (Wildman–Crippen LogP) is 3.64. The molecule has 0 unspecified atom stereocenters. The van der Waals surface area contributed by atoms with Crippen molar-refractivity contribution in [2.45, 2.75) is 20.5 Å². The molecule has 0 atom stereocenters. The molecule has 0 fully saturated rings. The second kappa shape index (κ2) is 5.38. The minimum Gasteiger partial charge on any atom is -0.437 e. The summed E-state index contributed by atoms with van der Waals surface area (Å²) in [7, 11) is 0. The van der Waals surface area contributed by atoms with Gasteiger partial charge >= 0.3 is 0 Å². The smallest absolute Gasteiger partial charge is 0.225 e. The monoisotopic (exact) mass is 263 g/mol. The summed E-state index contributed by atoms with van der Waals surface area (Å²) < 4.78 is 5.69. The van der Waals surface area contributed by atoms with E-state index in [0.717, 1.165) is 11.3 Å². The van der Waals surface area contributed by atoms with Gasteiger partial charge in [0.15, 0.2) is 0 Å². The number of ether oxygens (including phenoxy) is 1. The van der Waals surface area contributed by atoms with Gasteiger partial charge in [-0.1, -0.05) is 23.7 Å². The van der Waals surface area contributed by atoms with Gasteiger partial charge in [0.2, 0.25) is 5.88 Å². The molecule has 0 saturated carbocycles. The molecule has 94 valence electrons. The molecule has 1 aromatic heterocycles. The Morgan fingerprint density at radius 2 is 2.00 bits per heavy atom. The number of pyridine rings is 1. The van der Waals surface area contributed by atoms with Gasteiger partial charge in [-0.2, -0.15) is 0 Å². The summed E-state index contributed by atoms with van der Waals surface area (Å²) in [5, 5.41) is 9.90. The van der Waals surface area contributed by atoms with Crippen molar-refractivity contribution >= 4 is 11.6 Å². The van der Waals surface area contributed by atoms with Gasteiger partial charge in [-0.15, -0.1) is 0 Å². The van der Waals surface area contributed by atoms with Crippen LogP contribution in [0.1, 0.15) is 16.8 Å². The van der Waals surface area contributed by atoms with E-state index in [1.54, 1.807) is 12.1 Å². The topological polar surface area (TPSA) is 42.4 Å². The van der Waals surface area contributed by atoms with Crippen LogP contribution in [0.3, 0.4) is 0 Å². The van der Waals surface area contributed by atoms with Crippen molar-refractivity contribution in [3.8, 4) is 11.6 Å². The van der Waals surface area contributed by atoms with Crippen molar-refractivity contribution in [1.82, 2.24) is 4.98 Å². The first-order valence-electron chi connectivity index (χ1n) is 5.62. The molecule has 4 heteroatoms. The lowest BCUT2D eigenvalue weighted by Crippen LogP contribution is -2.00. The summed E-state index contributed by atoms with van der Waals surface area (Å²) in [6.45, 7) is 3.69. The molecule has 0 bridgehead atoms. The second-order valence-corrected chi connectivity index (χ2v) is 4.46. The molecule has 2 rings (SSSR count). The molecule has 0 amide bonds. The van der Waals surface area contributed by atoms with Crippen molar-refractivity contribution in [2.75, 3.05) is 0 Å². The zero-order valence-electron chi connectivity index (χ0n) is 10.3. The molecule has 0 aliphatic heterocycles. The fourth-order valence-electron chi connectivity index (χ4n) is 1.74. The summed E-state index contributed by atoms with van der Waals surface area (Å²) in [5.41, 5.74) is 2.47. The predicted molar refractivity (Wildman–Crippen MR) is 71.2 cm³/mol. The number of para-hydroxylation sites is 1. The van der Waals surface area contributed by atoms with Crippen molar-refractivity contribution in [3.63, 3.8) is 0 Å². The van der Waals surface area contributed by atoms with Gasteiger partial charge in [0.05, 0.1) is 11.6 Å². The quantitative estimate of drug-likeness (QED) is 0.919. The van der Waals surface area contributed by atoms with Crippen LogP contribution in [0.2, 0.25) is 5.02 Å². The lowest BCUT2D eigenvalue weighted by atomic mass is 10.1. The summed E-state index contributed by atoms with van der Waals surface area (Å²) >= 11 is 6.03. The van der Waals surface area contributed by atoms with Crippen LogP contribution in [0, 0.1) is 13.8 Å². The maximum atomic E-state index is 9.38. The Kier molecular flexibility index (Phi) is 3.84. The summed E-state index contributed by atoms with van der Waals surface area (Å²) in [5.74, 6) is 0.939. The number of aliphatic hydroxyl groups is 1. The van der Waals surface area contributed by atoms with E-state index in [2.05, 4.69) is 4.98 Å². The Balaban J connectivity index is 2.43. The number of nitrogens with zero attached hydrogens (tertiary/aromatic N) is 1. The Morgan fingerprint density at radius 3 is 2.67 bits per heavy atom. The average molecular weight is 264 g/mol. The van der Waals surface area contributed by atoms with E-state index in [4.69, 9.17) is 16.3 Å². The molecule has 0 saturated heterocycles. The van der Waals surface area contributed by atoms with Crippen molar-refractivity contribution < 1.29 is 9.84 Å². The number of benzene rings is 1. The number of halogens is 1. The second-order valence-electron chi connectivity index (χ2n) is 4.05. The largest absolute Gasteiger partial charge is 0.437 e. The van der Waals surface area contributed by atoms with Crippen molar-refractivity contribution in [1.29, 1.82) is 0 Å². The van der Waals surface area contributed by atoms with E-state index in [1.165, 1.54) is 0 Å². The highest BCUT2D eigenvalue weighted by molar-refractivity contribution is 6.32. The van der Waals surface area contributed by atoms with E-state index in [9.17, 15) is 5.11 Å². The summed E-state index contributed by atoms with van der Waals surface area (Å²) in [4.78, 5) is 4.30. The molecule has 18 heavy (non-hydrogen) atoms. The van der Waals surface area contributed by atoms with Crippen LogP contribution in [0.4, 0.5) is 0 Å². The Hall–Kier alpha value is -1.58. The molecule has 1 N–H and O–H groups in total. The number of aromatic nitrogens is 1. The normalized spacial score (nSPS) is 10.4. The minimum absolute atomic E-state index is 0.112. The zero-order valence-corrected chi connectivity index (χ0v) is 11.0. The van der Waals surface area contributed by atoms with Gasteiger partial charge in [-0.3, -0.25) is 0 Å². The van der Waals surface area contributed by atoms with Gasteiger partial charge < -0.3 is 9.84 Å². The van der Waals surface area contributed by atoms with Crippen LogP contribution in [-0.2, 0) is 6.61 Å². The van der Waals surface area contributed by atoms with Crippen LogP contribution in [-0.4, -0.2) is 10.1 Å². The lowest BCUT2D eigenvalue weighted by molar-refractivity contribution is 0.274. The molecule has 0 aliphatic carbocycles. The summed E-state index contributed by atoms with van der Waals surface area (Å²) in [6, 6.07) is 9.09. The van der Waals surface area contributed by atoms with Crippen molar-refractivity contribution in [2.24, 2.45) is 0 Å². The number of aryl methyl sites for hydroxylation is 2. The highest BCUT2D eigenvalue weighted by atomic mass is 35.5. The zero-order chi connectivity index (χ0) is 13.1. The molecule has 0 spiro atoms. The van der Waals surface area contributed by atoms with Crippen LogP contribution < -0.4 is 4.74 Å².